The second kappa shape index (κ2) is 12.4. The van der Waals surface area contributed by atoms with Crippen molar-refractivity contribution in [2.75, 3.05) is 4.90 Å². The van der Waals surface area contributed by atoms with Crippen molar-refractivity contribution < 1.29 is 4.42 Å². The predicted molar refractivity (Wildman–Crippen MR) is 218 cm³/mol. The van der Waals surface area contributed by atoms with Crippen LogP contribution in [-0.4, -0.2) is 4.98 Å². The topological polar surface area (TPSA) is 29.3 Å². The quantitative estimate of drug-likeness (QED) is 0.166. The van der Waals surface area contributed by atoms with Gasteiger partial charge in [-0.05, 0) is 86.1 Å². The number of aromatic nitrogens is 1. The molecule has 0 spiro atoms. The summed E-state index contributed by atoms with van der Waals surface area (Å²) >= 11 is 0. The molecule has 0 saturated heterocycles. The van der Waals surface area contributed by atoms with Crippen LogP contribution in [0.4, 0.5) is 17.1 Å². The Morgan fingerprint density at radius 1 is 0.385 bits per heavy atom. The second-order valence-corrected chi connectivity index (χ2v) is 13.1. The third kappa shape index (κ3) is 5.02. The molecule has 0 unspecified atom stereocenters. The summed E-state index contributed by atoms with van der Waals surface area (Å²) in [5.74, 6) is 0.600. The number of anilines is 3. The van der Waals surface area contributed by atoms with E-state index >= 15 is 0 Å². The van der Waals surface area contributed by atoms with Gasteiger partial charge in [-0.1, -0.05) is 152 Å². The lowest BCUT2D eigenvalue weighted by Gasteiger charge is -2.28. The molecule has 10 rings (SSSR count). The fourth-order valence-electron chi connectivity index (χ4n) is 7.62. The van der Waals surface area contributed by atoms with E-state index in [1.54, 1.807) is 0 Å². The van der Waals surface area contributed by atoms with Gasteiger partial charge < -0.3 is 9.32 Å². The standard InChI is InChI=1S/C49H32N2O/c1-3-15-33(16-4-1)40-22-13-14-26-45(40)51(46-32-37-20-8-10-23-41(37)48-47(46)50-49(52-48)35-17-5-2-6-18-35)38-29-27-34(28-30-38)44-31-36-19-7-9-21-39(36)42-24-11-12-25-43(42)44/h1-32H. The number of hydrogen-bond donors (Lipinski definition) is 0. The van der Waals surface area contributed by atoms with Crippen molar-refractivity contribution in [1.82, 2.24) is 4.98 Å². The molecule has 0 saturated carbocycles. The number of rotatable bonds is 6. The van der Waals surface area contributed by atoms with Gasteiger partial charge in [0, 0.05) is 22.2 Å². The average molecular weight is 665 g/mol. The molecule has 0 N–H and O–H groups in total. The summed E-state index contributed by atoms with van der Waals surface area (Å²) < 4.78 is 6.66. The van der Waals surface area contributed by atoms with Crippen LogP contribution >= 0.6 is 0 Å². The summed E-state index contributed by atoms with van der Waals surface area (Å²) in [6.45, 7) is 0. The lowest BCUT2D eigenvalue weighted by Crippen LogP contribution is -2.12. The molecule has 3 heteroatoms. The van der Waals surface area contributed by atoms with E-state index in [2.05, 4.69) is 169 Å². The maximum atomic E-state index is 6.66. The summed E-state index contributed by atoms with van der Waals surface area (Å²) in [6.07, 6.45) is 0. The molecule has 52 heavy (non-hydrogen) atoms. The molecule has 0 bridgehead atoms. The molecule has 244 valence electrons. The highest BCUT2D eigenvalue weighted by molar-refractivity contribution is 6.14. The second-order valence-electron chi connectivity index (χ2n) is 13.1. The van der Waals surface area contributed by atoms with Crippen LogP contribution < -0.4 is 4.90 Å². The average Bonchev–Trinajstić information content (AvgIpc) is 3.68. The predicted octanol–water partition coefficient (Wildman–Crippen LogP) is 13.8. The van der Waals surface area contributed by atoms with E-state index in [0.717, 1.165) is 55.6 Å². The number of hydrogen-bond acceptors (Lipinski definition) is 3. The molecular formula is C49H32N2O. The van der Waals surface area contributed by atoms with Crippen LogP contribution in [0.25, 0.3) is 77.1 Å². The minimum Gasteiger partial charge on any atom is -0.435 e. The van der Waals surface area contributed by atoms with E-state index in [1.807, 2.05) is 30.3 Å². The zero-order valence-electron chi connectivity index (χ0n) is 28.3. The third-order valence-electron chi connectivity index (χ3n) is 10.1. The Hall–Kier alpha value is -6.97. The molecule has 9 aromatic carbocycles. The van der Waals surface area contributed by atoms with E-state index in [-0.39, 0.29) is 0 Å². The van der Waals surface area contributed by atoms with Crippen LogP contribution in [0, 0.1) is 0 Å². The first-order valence-electron chi connectivity index (χ1n) is 17.6. The molecule has 0 atom stereocenters. The van der Waals surface area contributed by atoms with Crippen LogP contribution in [0.3, 0.4) is 0 Å². The van der Waals surface area contributed by atoms with E-state index < -0.39 is 0 Å². The van der Waals surface area contributed by atoms with Crippen LogP contribution in [0.15, 0.2) is 199 Å². The van der Waals surface area contributed by atoms with Crippen LogP contribution in [0.2, 0.25) is 0 Å². The molecular weight excluding hydrogens is 633 g/mol. The number of oxazole rings is 1. The van der Waals surface area contributed by atoms with E-state index in [4.69, 9.17) is 9.40 Å². The maximum absolute atomic E-state index is 6.66. The van der Waals surface area contributed by atoms with Gasteiger partial charge in [-0.2, -0.15) is 0 Å². The smallest absolute Gasteiger partial charge is 0.227 e. The van der Waals surface area contributed by atoms with Crippen LogP contribution in [0.1, 0.15) is 0 Å². The fraction of sp³-hybridized carbons (Fsp3) is 0. The zero-order valence-corrected chi connectivity index (χ0v) is 28.3. The highest BCUT2D eigenvalue weighted by Gasteiger charge is 2.24. The number of fused-ring (bicyclic) bond motifs is 6. The van der Waals surface area contributed by atoms with Gasteiger partial charge in [0.1, 0.15) is 5.52 Å². The summed E-state index contributed by atoms with van der Waals surface area (Å²) in [7, 11) is 0. The summed E-state index contributed by atoms with van der Waals surface area (Å²) in [4.78, 5) is 7.57. The van der Waals surface area contributed by atoms with Crippen molar-refractivity contribution in [3.05, 3.63) is 194 Å². The Morgan fingerprint density at radius 2 is 0.942 bits per heavy atom. The largest absolute Gasteiger partial charge is 0.435 e. The Bertz CT molecular complexity index is 2890. The Morgan fingerprint density at radius 3 is 1.69 bits per heavy atom. The normalized spacial score (nSPS) is 11.5. The van der Waals surface area contributed by atoms with Gasteiger partial charge in [-0.15, -0.1) is 0 Å². The van der Waals surface area contributed by atoms with Crippen LogP contribution in [-0.2, 0) is 0 Å². The summed E-state index contributed by atoms with van der Waals surface area (Å²) in [5, 5.41) is 7.12. The SMILES string of the molecule is c1ccc(-c2nc3c(N(c4ccc(-c5cc6ccccc6c6ccccc56)cc4)c4ccccc4-c4ccccc4)cc4ccccc4c3o2)cc1. The minimum atomic E-state index is 0.600. The van der Waals surface area contributed by atoms with Crippen LogP contribution in [0.5, 0.6) is 0 Å². The van der Waals surface area contributed by atoms with Gasteiger partial charge in [0.25, 0.3) is 0 Å². The Balaban J connectivity index is 1.22. The highest BCUT2D eigenvalue weighted by atomic mass is 16.3. The van der Waals surface area contributed by atoms with E-state index in [1.165, 1.54) is 32.7 Å². The molecule has 0 aliphatic rings. The Kier molecular flexibility index (Phi) is 7.14. The summed E-state index contributed by atoms with van der Waals surface area (Å²) in [6, 6.07) is 68.7. The molecule has 3 nitrogen and oxygen atoms in total. The number of nitrogens with zero attached hydrogens (tertiary/aromatic N) is 2. The summed E-state index contributed by atoms with van der Waals surface area (Å²) in [5.41, 5.74) is 10.2. The molecule has 0 amide bonds. The zero-order chi connectivity index (χ0) is 34.4. The van der Waals surface area contributed by atoms with Gasteiger partial charge in [0.15, 0.2) is 5.58 Å². The van der Waals surface area contributed by atoms with Gasteiger partial charge in [-0.25, -0.2) is 4.98 Å². The van der Waals surface area contributed by atoms with Crippen molar-refractivity contribution in [2.45, 2.75) is 0 Å². The van der Waals surface area contributed by atoms with Crippen molar-refractivity contribution in [2.24, 2.45) is 0 Å². The molecule has 1 aromatic heterocycles. The minimum absolute atomic E-state index is 0.600. The lowest BCUT2D eigenvalue weighted by molar-refractivity contribution is 0.623. The van der Waals surface area contributed by atoms with Gasteiger partial charge in [-0.3, -0.25) is 0 Å². The molecule has 0 radical (unpaired) electrons. The maximum Gasteiger partial charge on any atom is 0.227 e. The molecule has 10 aromatic rings. The van der Waals surface area contributed by atoms with Crippen molar-refractivity contribution >= 4 is 60.5 Å². The molecule has 1 heterocycles. The molecule has 0 fully saturated rings. The number of para-hydroxylation sites is 1. The fourth-order valence-corrected chi connectivity index (χ4v) is 7.62. The van der Waals surface area contributed by atoms with Crippen molar-refractivity contribution in [1.29, 1.82) is 0 Å². The molecule has 0 aliphatic carbocycles. The van der Waals surface area contributed by atoms with Crippen molar-refractivity contribution in [3.8, 4) is 33.7 Å². The van der Waals surface area contributed by atoms with E-state index in [9.17, 15) is 0 Å². The number of benzene rings is 9. The van der Waals surface area contributed by atoms with Gasteiger partial charge in [0.05, 0.1) is 11.4 Å². The Labute approximate surface area is 301 Å². The van der Waals surface area contributed by atoms with Gasteiger partial charge in [0.2, 0.25) is 5.89 Å². The first-order chi connectivity index (χ1) is 25.8. The highest BCUT2D eigenvalue weighted by Crippen LogP contribution is 2.46. The molecule has 0 aliphatic heterocycles. The lowest BCUT2D eigenvalue weighted by atomic mass is 9.93. The first-order valence-corrected chi connectivity index (χ1v) is 17.6. The van der Waals surface area contributed by atoms with Crippen molar-refractivity contribution in [3.63, 3.8) is 0 Å². The van der Waals surface area contributed by atoms with Gasteiger partial charge >= 0.3 is 0 Å². The monoisotopic (exact) mass is 664 g/mol. The third-order valence-corrected chi connectivity index (χ3v) is 10.1. The first kappa shape index (κ1) is 29.9. The van der Waals surface area contributed by atoms with E-state index in [0.29, 0.717) is 5.89 Å².